The number of aromatic amines is 2. The first-order valence-electron chi connectivity index (χ1n) is 4.21. The van der Waals surface area contributed by atoms with Crippen molar-refractivity contribution < 1.29 is 0 Å². The number of aromatic nitrogens is 3. The zero-order chi connectivity index (χ0) is 9.26. The van der Waals surface area contributed by atoms with Crippen molar-refractivity contribution in [3.63, 3.8) is 0 Å². The van der Waals surface area contributed by atoms with Crippen LogP contribution in [0.1, 0.15) is 12.8 Å². The summed E-state index contributed by atoms with van der Waals surface area (Å²) in [7, 11) is 0. The Bertz CT molecular complexity index is 401. The van der Waals surface area contributed by atoms with Crippen molar-refractivity contribution in [1.82, 2.24) is 15.2 Å². The number of hydrogen-bond acceptors (Lipinski definition) is 4. The van der Waals surface area contributed by atoms with Gasteiger partial charge in [-0.05, 0) is 12.8 Å². The van der Waals surface area contributed by atoms with E-state index in [0.29, 0.717) is 5.82 Å². The van der Waals surface area contributed by atoms with Gasteiger partial charge in [0.25, 0.3) is 5.56 Å². The van der Waals surface area contributed by atoms with E-state index in [2.05, 4.69) is 15.2 Å². The van der Waals surface area contributed by atoms with E-state index in [1.165, 1.54) is 0 Å². The lowest BCUT2D eigenvalue weighted by atomic mass is 10.4. The molecule has 0 spiro atoms. The Balaban J connectivity index is 2.40. The van der Waals surface area contributed by atoms with Gasteiger partial charge in [-0.15, -0.1) is 5.10 Å². The lowest BCUT2D eigenvalue weighted by molar-refractivity contribution is 0.827. The van der Waals surface area contributed by atoms with Crippen LogP contribution >= 0.6 is 0 Å². The third kappa shape index (κ3) is 1.47. The second-order valence-corrected chi connectivity index (χ2v) is 3.02. The van der Waals surface area contributed by atoms with Gasteiger partial charge in [0.1, 0.15) is 0 Å². The van der Waals surface area contributed by atoms with E-state index < -0.39 is 11.2 Å². The number of hydrogen-bond donors (Lipinski definition) is 2. The molecule has 0 atom stereocenters. The molecule has 0 aliphatic carbocycles. The summed E-state index contributed by atoms with van der Waals surface area (Å²) in [6.45, 7) is 1.67. The van der Waals surface area contributed by atoms with Crippen LogP contribution in [0.15, 0.2) is 9.59 Å². The molecule has 6 heteroatoms. The van der Waals surface area contributed by atoms with Crippen LogP contribution in [0.3, 0.4) is 0 Å². The zero-order valence-electron chi connectivity index (χ0n) is 7.04. The Kier molecular flexibility index (Phi) is 1.88. The molecular formula is C7H10N4O2. The van der Waals surface area contributed by atoms with Gasteiger partial charge in [0, 0.05) is 13.1 Å². The van der Waals surface area contributed by atoms with Gasteiger partial charge in [-0.3, -0.25) is 9.78 Å². The molecule has 1 aromatic rings. The van der Waals surface area contributed by atoms with Crippen molar-refractivity contribution in [3.8, 4) is 0 Å². The van der Waals surface area contributed by atoms with Crippen molar-refractivity contribution in [3.05, 3.63) is 20.8 Å². The van der Waals surface area contributed by atoms with Crippen LogP contribution < -0.4 is 16.1 Å². The van der Waals surface area contributed by atoms with Gasteiger partial charge in [-0.1, -0.05) is 0 Å². The maximum Gasteiger partial charge on any atom is 0.342 e. The van der Waals surface area contributed by atoms with Gasteiger partial charge in [-0.2, -0.15) is 0 Å². The third-order valence-electron chi connectivity index (χ3n) is 2.10. The summed E-state index contributed by atoms with van der Waals surface area (Å²) in [5.74, 6) is 0.317. The highest BCUT2D eigenvalue weighted by Crippen LogP contribution is 2.11. The van der Waals surface area contributed by atoms with Crippen LogP contribution in [0.5, 0.6) is 0 Å². The number of nitrogens with zero attached hydrogens (tertiary/aromatic N) is 2. The quantitative estimate of drug-likeness (QED) is 0.587. The van der Waals surface area contributed by atoms with Crippen LogP contribution in [-0.2, 0) is 0 Å². The number of rotatable bonds is 1. The van der Waals surface area contributed by atoms with Crippen molar-refractivity contribution in [1.29, 1.82) is 0 Å². The summed E-state index contributed by atoms with van der Waals surface area (Å²) < 4.78 is 0. The SMILES string of the molecule is O=c1[nH]nc(N2CCCC2)c(=O)[nH]1. The highest BCUT2D eigenvalue weighted by Gasteiger charge is 2.16. The lowest BCUT2D eigenvalue weighted by Gasteiger charge is -2.13. The third-order valence-corrected chi connectivity index (χ3v) is 2.10. The molecule has 2 N–H and O–H groups in total. The molecule has 0 amide bonds. The minimum Gasteiger partial charge on any atom is -0.351 e. The Morgan fingerprint density at radius 2 is 1.92 bits per heavy atom. The maximum atomic E-state index is 11.2. The highest BCUT2D eigenvalue weighted by molar-refractivity contribution is 5.34. The fraction of sp³-hybridized carbons (Fsp3) is 0.571. The highest BCUT2D eigenvalue weighted by atomic mass is 16.2. The Morgan fingerprint density at radius 1 is 1.23 bits per heavy atom. The van der Waals surface area contributed by atoms with Crippen molar-refractivity contribution in [2.75, 3.05) is 18.0 Å². The van der Waals surface area contributed by atoms with Gasteiger partial charge < -0.3 is 4.90 Å². The molecule has 1 aliphatic heterocycles. The van der Waals surface area contributed by atoms with Gasteiger partial charge in [0.05, 0.1) is 0 Å². The second kappa shape index (κ2) is 3.04. The van der Waals surface area contributed by atoms with Crippen molar-refractivity contribution in [2.45, 2.75) is 12.8 Å². The number of H-pyrrole nitrogens is 2. The average Bonchev–Trinajstić information content (AvgIpc) is 2.56. The van der Waals surface area contributed by atoms with E-state index in [0.717, 1.165) is 25.9 Å². The minimum absolute atomic E-state index is 0.317. The number of anilines is 1. The van der Waals surface area contributed by atoms with Crippen molar-refractivity contribution in [2.24, 2.45) is 0 Å². The Morgan fingerprint density at radius 3 is 2.54 bits per heavy atom. The largest absolute Gasteiger partial charge is 0.351 e. The molecule has 1 aromatic heterocycles. The topological polar surface area (TPSA) is 81.8 Å². The average molecular weight is 182 g/mol. The standard InChI is InChI=1S/C7H10N4O2/c12-6-5(9-10-7(13)8-6)11-3-1-2-4-11/h1-4H2,(H2,8,10,12,13). The smallest absolute Gasteiger partial charge is 0.342 e. The van der Waals surface area contributed by atoms with Gasteiger partial charge in [0.2, 0.25) is 5.82 Å². The fourth-order valence-corrected chi connectivity index (χ4v) is 1.48. The Hall–Kier alpha value is -1.59. The van der Waals surface area contributed by atoms with Gasteiger partial charge in [-0.25, -0.2) is 9.89 Å². The molecular weight excluding hydrogens is 172 g/mol. The molecule has 1 fully saturated rings. The predicted molar refractivity (Wildman–Crippen MR) is 46.9 cm³/mol. The predicted octanol–water partition coefficient (Wildman–Crippen LogP) is -0.942. The molecule has 0 unspecified atom stereocenters. The van der Waals surface area contributed by atoms with Crippen LogP contribution in [0.2, 0.25) is 0 Å². The summed E-state index contributed by atoms with van der Waals surface area (Å²) in [6.07, 6.45) is 2.14. The molecule has 13 heavy (non-hydrogen) atoms. The molecule has 0 aromatic carbocycles. The number of nitrogens with one attached hydrogen (secondary N) is 2. The zero-order valence-corrected chi connectivity index (χ0v) is 7.04. The summed E-state index contributed by atoms with van der Waals surface area (Å²) in [6, 6.07) is 0. The van der Waals surface area contributed by atoms with E-state index in [1.807, 2.05) is 4.90 Å². The molecule has 0 saturated carbocycles. The summed E-state index contributed by atoms with van der Waals surface area (Å²) in [5.41, 5.74) is -0.974. The first kappa shape index (κ1) is 8.03. The van der Waals surface area contributed by atoms with E-state index in [1.54, 1.807) is 0 Å². The van der Waals surface area contributed by atoms with E-state index >= 15 is 0 Å². The van der Waals surface area contributed by atoms with Crippen LogP contribution in [0.25, 0.3) is 0 Å². The van der Waals surface area contributed by atoms with E-state index in [4.69, 9.17) is 0 Å². The van der Waals surface area contributed by atoms with E-state index in [9.17, 15) is 9.59 Å². The normalized spacial score (nSPS) is 16.5. The lowest BCUT2D eigenvalue weighted by Crippen LogP contribution is -2.32. The molecule has 0 bridgehead atoms. The summed E-state index contributed by atoms with van der Waals surface area (Å²) in [4.78, 5) is 25.9. The monoisotopic (exact) mass is 182 g/mol. The molecule has 1 saturated heterocycles. The molecule has 2 heterocycles. The summed E-state index contributed by atoms with van der Waals surface area (Å²) in [5, 5.41) is 5.92. The van der Waals surface area contributed by atoms with Gasteiger partial charge in [0.15, 0.2) is 0 Å². The summed E-state index contributed by atoms with van der Waals surface area (Å²) >= 11 is 0. The molecule has 0 radical (unpaired) electrons. The minimum atomic E-state index is -0.562. The van der Waals surface area contributed by atoms with Gasteiger partial charge >= 0.3 is 5.69 Å². The van der Waals surface area contributed by atoms with E-state index in [-0.39, 0.29) is 0 Å². The molecule has 1 aliphatic rings. The van der Waals surface area contributed by atoms with Crippen molar-refractivity contribution >= 4 is 5.82 Å². The maximum absolute atomic E-state index is 11.2. The first-order valence-corrected chi connectivity index (χ1v) is 4.21. The van der Waals surface area contributed by atoms with Crippen LogP contribution in [0.4, 0.5) is 5.82 Å². The first-order chi connectivity index (χ1) is 6.27. The second-order valence-electron chi connectivity index (χ2n) is 3.02. The Labute approximate surface area is 73.6 Å². The molecule has 2 rings (SSSR count). The van der Waals surface area contributed by atoms with Crippen LogP contribution in [-0.4, -0.2) is 28.3 Å². The molecule has 70 valence electrons. The van der Waals surface area contributed by atoms with Crippen LogP contribution in [0, 0.1) is 0 Å². The molecule has 6 nitrogen and oxygen atoms in total. The fourth-order valence-electron chi connectivity index (χ4n) is 1.48.